The van der Waals surface area contributed by atoms with E-state index in [-0.39, 0.29) is 0 Å². The molecular weight excluding hydrogens is 260 g/mol. The molecule has 1 saturated heterocycles. The summed E-state index contributed by atoms with van der Waals surface area (Å²) in [5.74, 6) is 2.53. The van der Waals surface area contributed by atoms with Crippen LogP contribution in [-0.4, -0.2) is 37.0 Å². The van der Waals surface area contributed by atoms with Gasteiger partial charge in [-0.3, -0.25) is 4.79 Å². The molecule has 3 heteroatoms. The summed E-state index contributed by atoms with van der Waals surface area (Å²) in [6.07, 6.45) is 13.1. The Labute approximate surface area is 129 Å². The van der Waals surface area contributed by atoms with E-state index in [1.807, 2.05) is 11.9 Å². The Morgan fingerprint density at radius 2 is 1.76 bits per heavy atom. The van der Waals surface area contributed by atoms with Crippen LogP contribution in [-0.2, 0) is 4.79 Å². The number of rotatable bonds is 3. The second kappa shape index (κ2) is 7.13. The minimum atomic E-state index is 0.318. The van der Waals surface area contributed by atoms with E-state index in [0.29, 0.717) is 17.9 Å². The second-order valence-electron chi connectivity index (χ2n) is 7.68. The molecule has 120 valence electrons. The third kappa shape index (κ3) is 3.80. The summed E-state index contributed by atoms with van der Waals surface area (Å²) < 4.78 is 0. The van der Waals surface area contributed by atoms with Gasteiger partial charge in [0, 0.05) is 25.6 Å². The van der Waals surface area contributed by atoms with Crippen LogP contribution in [0.15, 0.2) is 0 Å². The first-order valence-corrected chi connectivity index (χ1v) is 9.22. The Morgan fingerprint density at radius 1 is 1.00 bits per heavy atom. The average Bonchev–Trinajstić information content (AvgIpc) is 2.54. The molecule has 0 bridgehead atoms. The number of hydrogen-bond acceptors (Lipinski definition) is 2. The molecule has 0 aromatic heterocycles. The Morgan fingerprint density at radius 3 is 2.52 bits per heavy atom. The van der Waals surface area contributed by atoms with Crippen molar-refractivity contribution < 1.29 is 4.79 Å². The molecule has 0 spiro atoms. The maximum atomic E-state index is 12.7. The summed E-state index contributed by atoms with van der Waals surface area (Å²) in [5.41, 5.74) is 0. The lowest BCUT2D eigenvalue weighted by Gasteiger charge is -2.40. The zero-order chi connectivity index (χ0) is 14.7. The van der Waals surface area contributed by atoms with Gasteiger partial charge in [-0.25, -0.2) is 0 Å². The third-order valence-electron chi connectivity index (χ3n) is 6.17. The summed E-state index contributed by atoms with van der Waals surface area (Å²) >= 11 is 0. The van der Waals surface area contributed by atoms with E-state index in [1.54, 1.807) is 0 Å². The van der Waals surface area contributed by atoms with Gasteiger partial charge in [-0.1, -0.05) is 32.1 Å². The molecule has 0 aromatic rings. The predicted molar refractivity (Wildman–Crippen MR) is 86.1 cm³/mol. The second-order valence-corrected chi connectivity index (χ2v) is 7.68. The number of carbonyl (C=O) groups is 1. The summed E-state index contributed by atoms with van der Waals surface area (Å²) in [6.45, 7) is 2.03. The van der Waals surface area contributed by atoms with Crippen LogP contribution in [0, 0.1) is 17.8 Å². The van der Waals surface area contributed by atoms with Crippen molar-refractivity contribution in [3.05, 3.63) is 0 Å². The van der Waals surface area contributed by atoms with E-state index in [9.17, 15) is 4.79 Å². The maximum absolute atomic E-state index is 12.7. The molecule has 3 nitrogen and oxygen atoms in total. The first-order chi connectivity index (χ1) is 10.2. The minimum Gasteiger partial charge on any atom is -0.344 e. The molecule has 3 aliphatic rings. The first-order valence-electron chi connectivity index (χ1n) is 9.22. The lowest BCUT2D eigenvalue weighted by Crippen LogP contribution is -2.46. The molecule has 2 aliphatic carbocycles. The number of carbonyl (C=O) groups excluding carboxylic acids is 1. The SMILES string of the molecule is CN(CC1CCCCN1)C(=O)C1CCC2CCCCC2C1. The Kier molecular flexibility index (Phi) is 5.20. The number of nitrogens with zero attached hydrogens (tertiary/aromatic N) is 1. The largest absolute Gasteiger partial charge is 0.344 e. The van der Waals surface area contributed by atoms with E-state index in [4.69, 9.17) is 0 Å². The van der Waals surface area contributed by atoms with Crippen LogP contribution < -0.4 is 5.32 Å². The Balaban J connectivity index is 1.49. The highest BCUT2D eigenvalue weighted by atomic mass is 16.2. The van der Waals surface area contributed by atoms with Crippen molar-refractivity contribution in [3.8, 4) is 0 Å². The molecule has 1 N–H and O–H groups in total. The highest BCUT2D eigenvalue weighted by Gasteiger charge is 2.36. The van der Waals surface area contributed by atoms with Gasteiger partial charge in [0.25, 0.3) is 0 Å². The minimum absolute atomic E-state index is 0.318. The van der Waals surface area contributed by atoms with Crippen LogP contribution in [0.1, 0.15) is 64.2 Å². The fraction of sp³-hybridized carbons (Fsp3) is 0.944. The molecule has 4 atom stereocenters. The quantitative estimate of drug-likeness (QED) is 0.866. The number of amides is 1. The normalized spacial score (nSPS) is 36.8. The summed E-state index contributed by atoms with van der Waals surface area (Å²) in [6, 6.07) is 0.527. The number of likely N-dealkylation sites (N-methyl/N-ethyl adjacent to an activating group) is 1. The number of nitrogens with one attached hydrogen (secondary N) is 1. The smallest absolute Gasteiger partial charge is 0.225 e. The van der Waals surface area contributed by atoms with Crippen LogP contribution in [0.2, 0.25) is 0 Å². The highest BCUT2D eigenvalue weighted by Crippen LogP contribution is 2.43. The van der Waals surface area contributed by atoms with Gasteiger partial charge in [0.15, 0.2) is 0 Å². The summed E-state index contributed by atoms with van der Waals surface area (Å²) in [4.78, 5) is 14.8. The van der Waals surface area contributed by atoms with E-state index in [0.717, 1.165) is 31.3 Å². The highest BCUT2D eigenvalue weighted by molar-refractivity contribution is 5.78. The van der Waals surface area contributed by atoms with Crippen molar-refractivity contribution in [3.63, 3.8) is 0 Å². The first kappa shape index (κ1) is 15.3. The zero-order valence-corrected chi connectivity index (χ0v) is 13.7. The van der Waals surface area contributed by atoms with Gasteiger partial charge in [0.05, 0.1) is 0 Å². The van der Waals surface area contributed by atoms with E-state index >= 15 is 0 Å². The molecule has 0 radical (unpaired) electrons. The van der Waals surface area contributed by atoms with Crippen molar-refractivity contribution >= 4 is 5.91 Å². The molecule has 3 fully saturated rings. The lowest BCUT2D eigenvalue weighted by atomic mass is 9.67. The molecule has 1 amide bonds. The predicted octanol–water partition coefficient (Wildman–Crippen LogP) is 3.19. The molecular formula is C18H32N2O. The van der Waals surface area contributed by atoms with Crippen LogP contribution in [0.3, 0.4) is 0 Å². The van der Waals surface area contributed by atoms with Crippen LogP contribution in [0.4, 0.5) is 0 Å². The van der Waals surface area contributed by atoms with Gasteiger partial charge in [0.1, 0.15) is 0 Å². The molecule has 0 aromatic carbocycles. The average molecular weight is 292 g/mol. The van der Waals surface area contributed by atoms with Gasteiger partial charge in [0.2, 0.25) is 5.91 Å². The fourth-order valence-electron chi connectivity index (χ4n) is 4.91. The van der Waals surface area contributed by atoms with Crippen molar-refractivity contribution in [2.24, 2.45) is 17.8 Å². The van der Waals surface area contributed by atoms with Crippen molar-refractivity contribution in [2.75, 3.05) is 20.1 Å². The molecule has 4 unspecified atom stereocenters. The van der Waals surface area contributed by atoms with Crippen molar-refractivity contribution in [1.29, 1.82) is 0 Å². The van der Waals surface area contributed by atoms with Gasteiger partial charge >= 0.3 is 0 Å². The standard InChI is InChI=1S/C18H32N2O/c1-20(13-17-8-4-5-11-19-17)18(21)16-10-9-14-6-2-3-7-15(14)12-16/h14-17,19H,2-13H2,1H3. The Bertz CT molecular complexity index is 351. The maximum Gasteiger partial charge on any atom is 0.225 e. The molecule has 21 heavy (non-hydrogen) atoms. The van der Waals surface area contributed by atoms with Crippen molar-refractivity contribution in [2.45, 2.75) is 70.3 Å². The Hall–Kier alpha value is -0.570. The van der Waals surface area contributed by atoms with Gasteiger partial charge in [-0.05, 0) is 50.5 Å². The molecule has 1 heterocycles. The summed E-state index contributed by atoms with van der Waals surface area (Å²) in [5, 5.41) is 3.56. The van der Waals surface area contributed by atoms with Gasteiger partial charge in [-0.15, -0.1) is 0 Å². The summed E-state index contributed by atoms with van der Waals surface area (Å²) in [7, 11) is 2.02. The van der Waals surface area contributed by atoms with Gasteiger partial charge < -0.3 is 10.2 Å². The monoisotopic (exact) mass is 292 g/mol. The molecule has 2 saturated carbocycles. The third-order valence-corrected chi connectivity index (χ3v) is 6.17. The number of piperidine rings is 1. The van der Waals surface area contributed by atoms with E-state index in [2.05, 4.69) is 5.32 Å². The fourth-order valence-corrected chi connectivity index (χ4v) is 4.91. The van der Waals surface area contributed by atoms with Gasteiger partial charge in [-0.2, -0.15) is 0 Å². The number of fused-ring (bicyclic) bond motifs is 1. The molecule has 3 rings (SSSR count). The van der Waals surface area contributed by atoms with Crippen LogP contribution in [0.25, 0.3) is 0 Å². The van der Waals surface area contributed by atoms with E-state index < -0.39 is 0 Å². The topological polar surface area (TPSA) is 32.3 Å². The van der Waals surface area contributed by atoms with E-state index in [1.165, 1.54) is 57.8 Å². The number of hydrogen-bond donors (Lipinski definition) is 1. The van der Waals surface area contributed by atoms with Crippen LogP contribution in [0.5, 0.6) is 0 Å². The van der Waals surface area contributed by atoms with Crippen molar-refractivity contribution in [1.82, 2.24) is 10.2 Å². The molecule has 1 aliphatic heterocycles. The van der Waals surface area contributed by atoms with Crippen LogP contribution >= 0.6 is 0 Å². The zero-order valence-electron chi connectivity index (χ0n) is 13.7. The lowest BCUT2D eigenvalue weighted by molar-refractivity contribution is -0.137.